The van der Waals surface area contributed by atoms with Crippen LogP contribution in [0.15, 0.2) is 51.4 Å². The Morgan fingerprint density at radius 1 is 1.16 bits per heavy atom. The van der Waals surface area contributed by atoms with E-state index in [9.17, 15) is 14.0 Å². The minimum absolute atomic E-state index is 0.0102. The minimum atomic E-state index is -0.686. The van der Waals surface area contributed by atoms with Gasteiger partial charge in [-0.2, -0.15) is 0 Å². The molecule has 0 fully saturated rings. The lowest BCUT2D eigenvalue weighted by molar-refractivity contribution is -0.119. The average molecular weight is 470 g/mol. The summed E-state index contributed by atoms with van der Waals surface area (Å²) in [5, 5.41) is 3.18. The highest BCUT2D eigenvalue weighted by Crippen LogP contribution is 2.28. The van der Waals surface area contributed by atoms with Crippen LogP contribution in [0.5, 0.6) is 0 Å². The molecule has 1 heterocycles. The van der Waals surface area contributed by atoms with Crippen molar-refractivity contribution >= 4 is 60.3 Å². The fraction of sp³-hybridized carbons (Fsp3) is 0.0588. The van der Waals surface area contributed by atoms with E-state index >= 15 is 0 Å². The molecular formula is C17H11Br2FN2O3. The van der Waals surface area contributed by atoms with Gasteiger partial charge in [-0.1, -0.05) is 34.1 Å². The molecule has 0 spiro atoms. The van der Waals surface area contributed by atoms with Gasteiger partial charge in [-0.15, -0.1) is 0 Å². The molecule has 0 aliphatic heterocycles. The molecule has 0 aliphatic rings. The zero-order valence-electron chi connectivity index (χ0n) is 12.6. The second-order valence-electron chi connectivity index (χ2n) is 5.11. The zero-order chi connectivity index (χ0) is 18.0. The first-order chi connectivity index (χ1) is 12.0. The molecule has 0 radical (unpaired) electrons. The van der Waals surface area contributed by atoms with E-state index in [0.717, 1.165) is 10.9 Å². The van der Waals surface area contributed by atoms with Crippen LogP contribution in [0, 0.1) is 5.82 Å². The van der Waals surface area contributed by atoms with E-state index in [4.69, 9.17) is 4.74 Å². The van der Waals surface area contributed by atoms with Crippen molar-refractivity contribution in [2.45, 2.75) is 0 Å². The van der Waals surface area contributed by atoms with Gasteiger partial charge in [0.05, 0.1) is 10.2 Å². The van der Waals surface area contributed by atoms with Crippen LogP contribution in [-0.2, 0) is 9.53 Å². The summed E-state index contributed by atoms with van der Waals surface area (Å²) in [6, 6.07) is 11.6. The van der Waals surface area contributed by atoms with Crippen molar-refractivity contribution in [1.29, 1.82) is 0 Å². The summed E-state index contributed by atoms with van der Waals surface area (Å²) < 4.78 is 19.8. The Hall–Kier alpha value is -2.19. The molecule has 0 bridgehead atoms. The molecule has 2 N–H and O–H groups in total. The van der Waals surface area contributed by atoms with Crippen molar-refractivity contribution < 1.29 is 18.7 Å². The van der Waals surface area contributed by atoms with Crippen LogP contribution in [0.4, 0.5) is 10.1 Å². The summed E-state index contributed by atoms with van der Waals surface area (Å²) >= 11 is 6.47. The minimum Gasteiger partial charge on any atom is -0.451 e. The van der Waals surface area contributed by atoms with Gasteiger partial charge >= 0.3 is 5.97 Å². The highest BCUT2D eigenvalue weighted by atomic mass is 79.9. The third-order valence-corrected chi connectivity index (χ3v) is 4.70. The van der Waals surface area contributed by atoms with E-state index in [0.29, 0.717) is 8.95 Å². The maximum atomic E-state index is 13.7. The maximum absolute atomic E-state index is 13.7. The van der Waals surface area contributed by atoms with Crippen molar-refractivity contribution in [1.82, 2.24) is 4.98 Å². The molecule has 0 saturated carbocycles. The predicted molar refractivity (Wildman–Crippen MR) is 99.0 cm³/mol. The summed E-state index contributed by atoms with van der Waals surface area (Å²) in [5.74, 6) is -1.91. The van der Waals surface area contributed by atoms with E-state index in [2.05, 4.69) is 42.2 Å². The fourth-order valence-electron chi connectivity index (χ4n) is 2.23. The molecule has 3 rings (SSSR count). The summed E-state index contributed by atoms with van der Waals surface area (Å²) in [6.07, 6.45) is 0. The molecule has 128 valence electrons. The van der Waals surface area contributed by atoms with Gasteiger partial charge < -0.3 is 15.0 Å². The van der Waals surface area contributed by atoms with Crippen LogP contribution in [0.1, 0.15) is 10.5 Å². The Balaban J connectivity index is 1.65. The number of hydrogen-bond acceptors (Lipinski definition) is 3. The Morgan fingerprint density at radius 3 is 2.64 bits per heavy atom. The van der Waals surface area contributed by atoms with Gasteiger partial charge in [0, 0.05) is 15.4 Å². The fourth-order valence-corrected chi connectivity index (χ4v) is 3.17. The number of amides is 1. The number of para-hydroxylation sites is 1. The number of H-pyrrole nitrogens is 1. The van der Waals surface area contributed by atoms with Crippen molar-refractivity contribution in [2.75, 3.05) is 11.9 Å². The van der Waals surface area contributed by atoms with Crippen LogP contribution in [0.25, 0.3) is 10.9 Å². The predicted octanol–water partition coefficient (Wildman–Crippen LogP) is 4.63. The summed E-state index contributed by atoms with van der Waals surface area (Å²) in [5.41, 5.74) is 0.988. The number of halogens is 3. The molecule has 3 aromatic rings. The number of anilines is 1. The first-order valence-corrected chi connectivity index (χ1v) is 8.72. The van der Waals surface area contributed by atoms with Gasteiger partial charge in [-0.25, -0.2) is 9.18 Å². The molecule has 5 nitrogen and oxygen atoms in total. The van der Waals surface area contributed by atoms with E-state index in [1.54, 1.807) is 6.07 Å². The quantitative estimate of drug-likeness (QED) is 0.547. The lowest BCUT2D eigenvalue weighted by atomic mass is 10.2. The van der Waals surface area contributed by atoms with Gasteiger partial charge in [-0.05, 0) is 40.2 Å². The van der Waals surface area contributed by atoms with Gasteiger partial charge in [0.15, 0.2) is 6.61 Å². The Kier molecular flexibility index (Phi) is 5.19. The van der Waals surface area contributed by atoms with Gasteiger partial charge in [0.2, 0.25) is 0 Å². The molecule has 25 heavy (non-hydrogen) atoms. The van der Waals surface area contributed by atoms with Crippen LogP contribution in [0.2, 0.25) is 0 Å². The van der Waals surface area contributed by atoms with E-state index in [-0.39, 0.29) is 11.4 Å². The number of carbonyl (C=O) groups excluding carboxylic acids is 2. The van der Waals surface area contributed by atoms with Gasteiger partial charge in [0.1, 0.15) is 11.5 Å². The zero-order valence-corrected chi connectivity index (χ0v) is 15.8. The lowest BCUT2D eigenvalue weighted by Gasteiger charge is -2.07. The molecule has 0 unspecified atom stereocenters. The molecule has 0 aliphatic carbocycles. The van der Waals surface area contributed by atoms with Crippen molar-refractivity contribution in [3.8, 4) is 0 Å². The van der Waals surface area contributed by atoms with E-state index in [1.165, 1.54) is 12.1 Å². The van der Waals surface area contributed by atoms with Crippen LogP contribution in [0.3, 0.4) is 0 Å². The number of ether oxygens (including phenoxy) is 1. The number of esters is 1. The van der Waals surface area contributed by atoms with Crippen molar-refractivity contribution in [3.63, 3.8) is 0 Å². The molecule has 1 amide bonds. The topological polar surface area (TPSA) is 71.2 Å². The number of fused-ring (bicyclic) bond motifs is 1. The number of nitrogens with one attached hydrogen (secondary N) is 2. The standard InChI is InChI=1S/C17H11Br2FN2O3/c18-9-5-6-13(11(20)7-9)21-14(23)8-25-17(24)16-15(19)10-3-1-2-4-12(10)22-16/h1-7,22H,8H2,(H,21,23). The number of aromatic amines is 1. The normalized spacial score (nSPS) is 10.7. The maximum Gasteiger partial charge on any atom is 0.356 e. The third kappa shape index (κ3) is 3.91. The lowest BCUT2D eigenvalue weighted by Crippen LogP contribution is -2.21. The summed E-state index contributed by atoms with van der Waals surface area (Å²) in [7, 11) is 0. The monoisotopic (exact) mass is 468 g/mol. The molecule has 0 atom stereocenters. The third-order valence-electron chi connectivity index (χ3n) is 3.39. The molecule has 0 saturated heterocycles. The summed E-state index contributed by atoms with van der Waals surface area (Å²) in [6.45, 7) is -0.532. The molecule has 2 aromatic carbocycles. The largest absolute Gasteiger partial charge is 0.451 e. The van der Waals surface area contributed by atoms with Crippen molar-refractivity contribution in [2.24, 2.45) is 0 Å². The summed E-state index contributed by atoms with van der Waals surface area (Å²) in [4.78, 5) is 26.9. The van der Waals surface area contributed by atoms with Crippen LogP contribution in [-0.4, -0.2) is 23.5 Å². The second-order valence-corrected chi connectivity index (χ2v) is 6.82. The highest BCUT2D eigenvalue weighted by molar-refractivity contribution is 9.11. The van der Waals surface area contributed by atoms with E-state index in [1.807, 2.05) is 24.3 Å². The number of carbonyl (C=O) groups is 2. The smallest absolute Gasteiger partial charge is 0.356 e. The van der Waals surface area contributed by atoms with Crippen LogP contribution >= 0.6 is 31.9 Å². The molecular weight excluding hydrogens is 459 g/mol. The van der Waals surface area contributed by atoms with Gasteiger partial charge in [-0.3, -0.25) is 4.79 Å². The number of hydrogen-bond donors (Lipinski definition) is 2. The SMILES string of the molecule is O=C(COC(=O)c1[nH]c2ccccc2c1Br)Nc1ccc(Br)cc1F. The molecule has 1 aromatic heterocycles. The molecule has 8 heteroatoms. The van der Waals surface area contributed by atoms with E-state index < -0.39 is 24.3 Å². The highest BCUT2D eigenvalue weighted by Gasteiger charge is 2.18. The average Bonchev–Trinajstić information content (AvgIpc) is 2.93. The van der Waals surface area contributed by atoms with Gasteiger partial charge in [0.25, 0.3) is 5.91 Å². The first kappa shape index (κ1) is 17.6. The Bertz CT molecular complexity index is 972. The Labute approximate surface area is 158 Å². The second kappa shape index (κ2) is 7.37. The number of rotatable bonds is 4. The Morgan fingerprint density at radius 2 is 1.92 bits per heavy atom. The first-order valence-electron chi connectivity index (χ1n) is 7.14. The van der Waals surface area contributed by atoms with Crippen molar-refractivity contribution in [3.05, 3.63) is 62.9 Å². The van der Waals surface area contributed by atoms with Crippen LogP contribution < -0.4 is 5.32 Å². The number of aromatic nitrogens is 1. The number of benzene rings is 2.